The monoisotopic (exact) mass is 249 g/mol. The van der Waals surface area contributed by atoms with Gasteiger partial charge in [-0.1, -0.05) is 0 Å². The number of nitrogen functional groups attached to an aromatic ring is 1. The van der Waals surface area contributed by atoms with Gasteiger partial charge in [-0.2, -0.15) is 0 Å². The van der Waals surface area contributed by atoms with Gasteiger partial charge in [0.2, 0.25) is 0 Å². The molecule has 2 rings (SSSR count). The van der Waals surface area contributed by atoms with Gasteiger partial charge in [-0.3, -0.25) is 4.79 Å². The molecule has 0 saturated heterocycles. The van der Waals surface area contributed by atoms with E-state index in [0.29, 0.717) is 13.0 Å². The number of carbonyl (C=O) groups is 1. The van der Waals surface area contributed by atoms with Gasteiger partial charge in [0.1, 0.15) is 5.82 Å². The van der Waals surface area contributed by atoms with E-state index in [2.05, 4.69) is 20.3 Å². The Kier molecular flexibility index (Phi) is 3.52. The van der Waals surface area contributed by atoms with Gasteiger partial charge in [-0.05, 0) is 6.07 Å². The molecule has 2 heterocycles. The van der Waals surface area contributed by atoms with Crippen molar-refractivity contribution in [2.24, 2.45) is 0 Å². The van der Waals surface area contributed by atoms with Gasteiger partial charge in [-0.25, -0.2) is 14.4 Å². The zero-order valence-electron chi connectivity index (χ0n) is 9.48. The summed E-state index contributed by atoms with van der Waals surface area (Å²) in [5.41, 5.74) is 5.17. The molecule has 94 valence electrons. The lowest BCUT2D eigenvalue weighted by Gasteiger charge is -2.05. The summed E-state index contributed by atoms with van der Waals surface area (Å²) in [5.74, 6) is -0.847. The van der Waals surface area contributed by atoms with Crippen LogP contribution in [0.3, 0.4) is 0 Å². The van der Waals surface area contributed by atoms with Crippen LogP contribution in [0.5, 0.6) is 0 Å². The number of aromatic amines is 1. The van der Waals surface area contributed by atoms with Crippen LogP contribution in [-0.4, -0.2) is 27.4 Å². The van der Waals surface area contributed by atoms with Gasteiger partial charge in [0.15, 0.2) is 11.6 Å². The first kappa shape index (κ1) is 12.0. The second-order valence-electron chi connectivity index (χ2n) is 3.60. The minimum atomic E-state index is -0.798. The largest absolute Gasteiger partial charge is 0.381 e. The molecule has 0 saturated carbocycles. The molecular weight excluding hydrogens is 237 g/mol. The lowest BCUT2D eigenvalue weighted by Crippen LogP contribution is -2.27. The van der Waals surface area contributed by atoms with Gasteiger partial charge in [0.25, 0.3) is 5.91 Å². The Morgan fingerprint density at radius 2 is 2.28 bits per heavy atom. The van der Waals surface area contributed by atoms with E-state index in [0.717, 1.165) is 5.82 Å². The number of hydrogen-bond acceptors (Lipinski definition) is 4. The number of nitrogens with one attached hydrogen (secondary N) is 2. The minimum absolute atomic E-state index is 0.109. The van der Waals surface area contributed by atoms with Crippen molar-refractivity contribution >= 4 is 11.7 Å². The molecule has 4 N–H and O–H groups in total. The molecular formula is C11H12FN5O. The van der Waals surface area contributed by atoms with Crippen molar-refractivity contribution in [3.63, 3.8) is 0 Å². The number of amides is 1. The predicted molar refractivity (Wildman–Crippen MR) is 63.2 cm³/mol. The van der Waals surface area contributed by atoms with E-state index >= 15 is 0 Å². The van der Waals surface area contributed by atoms with Crippen molar-refractivity contribution in [1.82, 2.24) is 20.3 Å². The van der Waals surface area contributed by atoms with Crippen molar-refractivity contribution in [1.29, 1.82) is 0 Å². The number of rotatable bonds is 4. The molecule has 18 heavy (non-hydrogen) atoms. The first-order chi connectivity index (χ1) is 8.68. The summed E-state index contributed by atoms with van der Waals surface area (Å²) in [5, 5.41) is 2.58. The summed E-state index contributed by atoms with van der Waals surface area (Å²) in [7, 11) is 0. The molecule has 2 aromatic heterocycles. The number of pyridine rings is 1. The van der Waals surface area contributed by atoms with Crippen molar-refractivity contribution in [2.75, 3.05) is 12.3 Å². The molecule has 2 aromatic rings. The normalized spacial score (nSPS) is 10.3. The van der Waals surface area contributed by atoms with E-state index < -0.39 is 11.7 Å². The van der Waals surface area contributed by atoms with Crippen LogP contribution in [0, 0.1) is 5.82 Å². The third-order valence-corrected chi connectivity index (χ3v) is 2.36. The Morgan fingerprint density at radius 3 is 3.00 bits per heavy atom. The number of hydrogen-bond donors (Lipinski definition) is 3. The average Bonchev–Trinajstić information content (AvgIpc) is 2.85. The maximum absolute atomic E-state index is 13.5. The van der Waals surface area contributed by atoms with Gasteiger partial charge in [0, 0.05) is 31.6 Å². The Morgan fingerprint density at radius 1 is 1.44 bits per heavy atom. The highest BCUT2D eigenvalue weighted by Gasteiger charge is 2.13. The molecule has 0 aliphatic heterocycles. The van der Waals surface area contributed by atoms with Crippen molar-refractivity contribution in [2.45, 2.75) is 6.42 Å². The molecule has 0 fully saturated rings. The standard InChI is InChI=1S/C11H12FN5O/c12-9-7(1-3-16-10(9)13)11(18)17-4-2-8-14-5-6-15-8/h1,3,5-6H,2,4H2,(H2,13,16)(H,14,15)(H,17,18). The Balaban J connectivity index is 1.93. The molecule has 1 amide bonds. The maximum Gasteiger partial charge on any atom is 0.254 e. The van der Waals surface area contributed by atoms with Crippen LogP contribution >= 0.6 is 0 Å². The lowest BCUT2D eigenvalue weighted by atomic mass is 10.2. The fourth-order valence-corrected chi connectivity index (χ4v) is 1.46. The van der Waals surface area contributed by atoms with Crippen molar-refractivity contribution in [3.05, 3.63) is 41.9 Å². The van der Waals surface area contributed by atoms with E-state index in [-0.39, 0.29) is 11.4 Å². The summed E-state index contributed by atoms with van der Waals surface area (Å²) in [6.45, 7) is 0.355. The lowest BCUT2D eigenvalue weighted by molar-refractivity contribution is 0.0950. The number of halogens is 1. The second-order valence-corrected chi connectivity index (χ2v) is 3.60. The number of H-pyrrole nitrogens is 1. The van der Waals surface area contributed by atoms with Crippen LogP contribution in [0.15, 0.2) is 24.7 Å². The van der Waals surface area contributed by atoms with Crippen molar-refractivity contribution in [3.8, 4) is 0 Å². The summed E-state index contributed by atoms with van der Waals surface area (Å²) in [6, 6.07) is 1.29. The zero-order valence-corrected chi connectivity index (χ0v) is 9.48. The molecule has 0 bridgehead atoms. The fraction of sp³-hybridized carbons (Fsp3) is 0.182. The summed E-state index contributed by atoms with van der Waals surface area (Å²) in [4.78, 5) is 22.1. The number of carbonyl (C=O) groups excluding carboxylic acids is 1. The Bertz CT molecular complexity index is 540. The second kappa shape index (κ2) is 5.26. The fourth-order valence-electron chi connectivity index (χ4n) is 1.46. The highest BCUT2D eigenvalue weighted by molar-refractivity contribution is 5.95. The van der Waals surface area contributed by atoms with Gasteiger partial charge in [-0.15, -0.1) is 0 Å². The molecule has 0 unspecified atom stereocenters. The number of nitrogens with zero attached hydrogens (tertiary/aromatic N) is 2. The molecule has 0 atom stereocenters. The number of nitrogens with two attached hydrogens (primary N) is 1. The van der Waals surface area contributed by atoms with E-state index in [1.54, 1.807) is 12.4 Å². The number of anilines is 1. The average molecular weight is 249 g/mol. The molecule has 0 radical (unpaired) electrons. The molecule has 0 aliphatic carbocycles. The van der Waals surface area contributed by atoms with Crippen molar-refractivity contribution < 1.29 is 9.18 Å². The first-order valence-corrected chi connectivity index (χ1v) is 5.35. The SMILES string of the molecule is Nc1nccc(C(=O)NCCc2ncc[nH]2)c1F. The summed E-state index contributed by atoms with van der Waals surface area (Å²) >= 11 is 0. The van der Waals surface area contributed by atoms with Crippen LogP contribution in [-0.2, 0) is 6.42 Å². The van der Waals surface area contributed by atoms with Gasteiger partial charge < -0.3 is 16.0 Å². The van der Waals surface area contributed by atoms with E-state index in [9.17, 15) is 9.18 Å². The smallest absolute Gasteiger partial charge is 0.254 e. The highest BCUT2D eigenvalue weighted by Crippen LogP contribution is 2.11. The summed E-state index contributed by atoms with van der Waals surface area (Å²) in [6.07, 6.45) is 5.15. The quantitative estimate of drug-likeness (QED) is 0.735. The van der Waals surface area contributed by atoms with E-state index in [1.807, 2.05) is 0 Å². The van der Waals surface area contributed by atoms with Crippen LogP contribution in [0.25, 0.3) is 0 Å². The molecule has 6 nitrogen and oxygen atoms in total. The molecule has 0 aromatic carbocycles. The maximum atomic E-state index is 13.5. The Hall–Kier alpha value is -2.44. The Labute approximate surface area is 102 Å². The predicted octanol–water partition coefficient (Wildman–Crippen LogP) is 0.498. The molecule has 7 heteroatoms. The van der Waals surface area contributed by atoms with Crippen LogP contribution in [0.1, 0.15) is 16.2 Å². The number of aromatic nitrogens is 3. The van der Waals surface area contributed by atoms with Crippen LogP contribution < -0.4 is 11.1 Å². The third kappa shape index (κ3) is 2.62. The van der Waals surface area contributed by atoms with Crippen LogP contribution in [0.2, 0.25) is 0 Å². The van der Waals surface area contributed by atoms with Crippen LogP contribution in [0.4, 0.5) is 10.2 Å². The van der Waals surface area contributed by atoms with Gasteiger partial charge >= 0.3 is 0 Å². The minimum Gasteiger partial charge on any atom is -0.381 e. The third-order valence-electron chi connectivity index (χ3n) is 2.36. The van der Waals surface area contributed by atoms with Gasteiger partial charge in [0.05, 0.1) is 5.56 Å². The zero-order chi connectivity index (χ0) is 13.0. The topological polar surface area (TPSA) is 96.7 Å². The first-order valence-electron chi connectivity index (χ1n) is 5.35. The summed E-state index contributed by atoms with van der Waals surface area (Å²) < 4.78 is 13.5. The number of imidazole rings is 1. The molecule has 0 spiro atoms. The molecule has 0 aliphatic rings. The highest BCUT2D eigenvalue weighted by atomic mass is 19.1. The van der Waals surface area contributed by atoms with E-state index in [1.165, 1.54) is 12.3 Å². The van der Waals surface area contributed by atoms with E-state index in [4.69, 9.17) is 5.73 Å².